The van der Waals surface area contributed by atoms with Gasteiger partial charge >= 0.3 is 5.97 Å². The topological polar surface area (TPSA) is 84.9 Å². The number of anilines is 1. The van der Waals surface area contributed by atoms with Gasteiger partial charge in [-0.25, -0.2) is 4.79 Å². The van der Waals surface area contributed by atoms with Crippen LogP contribution in [0.5, 0.6) is 5.75 Å². The van der Waals surface area contributed by atoms with Gasteiger partial charge < -0.3 is 19.9 Å². The summed E-state index contributed by atoms with van der Waals surface area (Å²) in [5, 5.41) is 11.6. The molecule has 1 aliphatic carbocycles. The number of aliphatic carboxylic acids is 1. The average molecular weight is 349 g/mol. The summed E-state index contributed by atoms with van der Waals surface area (Å²) in [6.45, 7) is 4.37. The van der Waals surface area contributed by atoms with Crippen molar-refractivity contribution >= 4 is 17.6 Å². The van der Waals surface area contributed by atoms with Gasteiger partial charge in [0.1, 0.15) is 11.4 Å². The maximum Gasteiger partial charge on any atom is 0.341 e. The number of nitrogens with one attached hydrogen (secondary N) is 1. The lowest BCUT2D eigenvalue weighted by Gasteiger charge is -2.38. The minimum absolute atomic E-state index is 0.105. The zero-order valence-electron chi connectivity index (χ0n) is 14.9. The first-order valence-electron chi connectivity index (χ1n) is 8.85. The summed E-state index contributed by atoms with van der Waals surface area (Å²) >= 11 is 0. The van der Waals surface area contributed by atoms with Gasteiger partial charge in [-0.3, -0.25) is 4.79 Å². The maximum absolute atomic E-state index is 12.9. The molecule has 0 saturated heterocycles. The van der Waals surface area contributed by atoms with E-state index < -0.39 is 18.2 Å². The van der Waals surface area contributed by atoms with Crippen LogP contribution in [0.3, 0.4) is 0 Å². The molecule has 1 saturated carbocycles. The van der Waals surface area contributed by atoms with Gasteiger partial charge in [0.15, 0.2) is 6.61 Å². The van der Waals surface area contributed by atoms with Crippen LogP contribution >= 0.6 is 0 Å². The Morgan fingerprint density at radius 2 is 2.04 bits per heavy atom. The maximum atomic E-state index is 12.9. The lowest BCUT2D eigenvalue weighted by Crippen LogP contribution is -2.48. The number of hydrogen-bond acceptors (Lipinski definition) is 4. The van der Waals surface area contributed by atoms with Crippen LogP contribution in [0.1, 0.15) is 46.0 Å². The third-order valence-electron chi connectivity index (χ3n) is 4.43. The number of carbonyl (C=O) groups excluding carboxylic acids is 1. The van der Waals surface area contributed by atoms with E-state index in [9.17, 15) is 9.59 Å². The molecule has 2 N–H and O–H groups in total. The van der Waals surface area contributed by atoms with Crippen molar-refractivity contribution in [2.24, 2.45) is 5.92 Å². The van der Waals surface area contributed by atoms with Crippen LogP contribution in [-0.2, 0) is 14.3 Å². The molecule has 1 fully saturated rings. The Bertz CT molecular complexity index is 586. The SMILES string of the molecule is CCCOC1(C(=O)Nc2ccc(OCC(=O)O)cc2)CCCC(C)C1. The second kappa shape index (κ2) is 8.85. The average Bonchev–Trinajstić information content (AvgIpc) is 2.59. The fourth-order valence-electron chi connectivity index (χ4n) is 3.23. The Morgan fingerprint density at radius 1 is 1.32 bits per heavy atom. The zero-order chi connectivity index (χ0) is 18.3. The Hall–Kier alpha value is -2.08. The van der Waals surface area contributed by atoms with Crippen molar-refractivity contribution in [1.82, 2.24) is 0 Å². The molecule has 1 amide bonds. The molecular formula is C19H27NO5. The van der Waals surface area contributed by atoms with Gasteiger partial charge in [0, 0.05) is 12.3 Å². The lowest BCUT2D eigenvalue weighted by molar-refractivity contribution is -0.148. The molecule has 0 bridgehead atoms. The summed E-state index contributed by atoms with van der Waals surface area (Å²) in [5.74, 6) is -0.225. The van der Waals surface area contributed by atoms with Gasteiger partial charge in [0.25, 0.3) is 5.91 Å². The molecule has 6 heteroatoms. The number of ether oxygens (including phenoxy) is 2. The highest BCUT2D eigenvalue weighted by atomic mass is 16.5. The molecule has 1 aromatic carbocycles. The molecule has 2 rings (SSSR count). The van der Waals surface area contributed by atoms with Gasteiger partial charge in [0.05, 0.1) is 0 Å². The minimum atomic E-state index is -1.03. The third kappa shape index (κ3) is 5.46. The van der Waals surface area contributed by atoms with Crippen molar-refractivity contribution < 1.29 is 24.2 Å². The number of carbonyl (C=O) groups is 2. The van der Waals surface area contributed by atoms with Gasteiger partial charge in [-0.1, -0.05) is 20.3 Å². The highest BCUT2D eigenvalue weighted by molar-refractivity contribution is 5.97. The van der Waals surface area contributed by atoms with E-state index in [1.807, 2.05) is 6.92 Å². The van der Waals surface area contributed by atoms with E-state index in [4.69, 9.17) is 14.6 Å². The van der Waals surface area contributed by atoms with E-state index in [-0.39, 0.29) is 5.91 Å². The standard InChI is InChI=1S/C19H27NO5/c1-3-11-25-19(10-4-5-14(2)12-19)18(23)20-15-6-8-16(9-7-15)24-13-17(21)22/h6-9,14H,3-5,10-13H2,1-2H3,(H,20,23)(H,21,22). The van der Waals surface area contributed by atoms with Gasteiger partial charge in [-0.15, -0.1) is 0 Å². The second-order valence-corrected chi connectivity index (χ2v) is 6.71. The number of rotatable bonds is 8. The summed E-state index contributed by atoms with van der Waals surface area (Å²) in [6, 6.07) is 6.69. The minimum Gasteiger partial charge on any atom is -0.482 e. The van der Waals surface area contributed by atoms with Crippen molar-refractivity contribution in [3.05, 3.63) is 24.3 Å². The molecule has 1 aliphatic rings. The largest absolute Gasteiger partial charge is 0.482 e. The van der Waals surface area contributed by atoms with Gasteiger partial charge in [-0.2, -0.15) is 0 Å². The van der Waals surface area contributed by atoms with Crippen molar-refractivity contribution in [1.29, 1.82) is 0 Å². The normalized spacial score (nSPS) is 23.0. The van der Waals surface area contributed by atoms with Crippen molar-refractivity contribution in [2.75, 3.05) is 18.5 Å². The van der Waals surface area contributed by atoms with Gasteiger partial charge in [-0.05, 0) is 55.9 Å². The van der Waals surface area contributed by atoms with Crippen molar-refractivity contribution in [3.8, 4) is 5.75 Å². The van der Waals surface area contributed by atoms with Crippen LogP contribution in [0.4, 0.5) is 5.69 Å². The highest BCUT2D eigenvalue weighted by Crippen LogP contribution is 2.36. The first-order chi connectivity index (χ1) is 11.9. The number of carboxylic acid groups (broad SMARTS) is 1. The number of hydrogen-bond donors (Lipinski definition) is 2. The van der Waals surface area contributed by atoms with Crippen molar-refractivity contribution in [3.63, 3.8) is 0 Å². The molecule has 0 aliphatic heterocycles. The summed E-state index contributed by atoms with van der Waals surface area (Å²) in [6.07, 6.45) is 4.46. The van der Waals surface area contributed by atoms with E-state index in [2.05, 4.69) is 12.2 Å². The predicted octanol–water partition coefficient (Wildman–Crippen LogP) is 3.46. The molecule has 138 valence electrons. The fourth-order valence-corrected chi connectivity index (χ4v) is 3.23. The summed E-state index contributed by atoms with van der Waals surface area (Å²) < 4.78 is 11.1. The molecule has 0 aromatic heterocycles. The Morgan fingerprint density at radius 3 is 2.64 bits per heavy atom. The Kier molecular flexibility index (Phi) is 6.82. The number of benzene rings is 1. The van der Waals surface area contributed by atoms with E-state index >= 15 is 0 Å². The molecule has 25 heavy (non-hydrogen) atoms. The molecule has 0 radical (unpaired) electrons. The zero-order valence-corrected chi connectivity index (χ0v) is 14.9. The number of carboxylic acids is 1. The molecule has 6 nitrogen and oxygen atoms in total. The Labute approximate surface area is 148 Å². The molecule has 2 unspecified atom stereocenters. The van der Waals surface area contributed by atoms with E-state index in [1.165, 1.54) is 0 Å². The summed E-state index contributed by atoms with van der Waals surface area (Å²) in [4.78, 5) is 23.4. The van der Waals surface area contributed by atoms with E-state index in [0.29, 0.717) is 24.0 Å². The number of amides is 1. The van der Waals surface area contributed by atoms with Crippen molar-refractivity contribution in [2.45, 2.75) is 51.6 Å². The third-order valence-corrected chi connectivity index (χ3v) is 4.43. The van der Waals surface area contributed by atoms with Crippen LogP contribution in [0.2, 0.25) is 0 Å². The van der Waals surface area contributed by atoms with Crippen LogP contribution in [0, 0.1) is 5.92 Å². The lowest BCUT2D eigenvalue weighted by atomic mass is 9.78. The van der Waals surface area contributed by atoms with Gasteiger partial charge in [0.2, 0.25) is 0 Å². The van der Waals surface area contributed by atoms with Crippen LogP contribution < -0.4 is 10.1 Å². The van der Waals surface area contributed by atoms with Crippen LogP contribution in [-0.4, -0.2) is 35.8 Å². The van der Waals surface area contributed by atoms with E-state index in [0.717, 1.165) is 32.1 Å². The fraction of sp³-hybridized carbons (Fsp3) is 0.579. The first-order valence-corrected chi connectivity index (χ1v) is 8.85. The van der Waals surface area contributed by atoms with Crippen LogP contribution in [0.25, 0.3) is 0 Å². The molecule has 0 spiro atoms. The Balaban J connectivity index is 2.03. The first kappa shape index (κ1) is 19.2. The molecule has 2 atom stereocenters. The highest BCUT2D eigenvalue weighted by Gasteiger charge is 2.42. The summed E-state index contributed by atoms with van der Waals surface area (Å²) in [5.41, 5.74) is -0.114. The quantitative estimate of drug-likeness (QED) is 0.751. The smallest absolute Gasteiger partial charge is 0.341 e. The predicted molar refractivity (Wildman–Crippen MR) is 94.8 cm³/mol. The molecular weight excluding hydrogens is 322 g/mol. The van der Waals surface area contributed by atoms with E-state index in [1.54, 1.807) is 24.3 Å². The van der Waals surface area contributed by atoms with Crippen LogP contribution in [0.15, 0.2) is 24.3 Å². The molecule has 0 heterocycles. The summed E-state index contributed by atoms with van der Waals surface area (Å²) in [7, 11) is 0. The second-order valence-electron chi connectivity index (χ2n) is 6.71. The molecule has 1 aromatic rings. The monoisotopic (exact) mass is 349 g/mol.